The fourth-order valence-corrected chi connectivity index (χ4v) is 3.49. The number of carbonyl (C=O) groups excluding carboxylic acids is 1. The molecule has 1 saturated heterocycles. The van der Waals surface area contributed by atoms with Crippen LogP contribution in [0.2, 0.25) is 0 Å². The molecule has 0 radical (unpaired) electrons. The average molecular weight is 479 g/mol. The molecule has 0 unspecified atom stereocenters. The van der Waals surface area contributed by atoms with E-state index in [1.807, 2.05) is 0 Å². The number of hydrogen-bond acceptors (Lipinski definition) is 8. The average Bonchev–Trinajstić information content (AvgIpc) is 3.24. The summed E-state index contributed by atoms with van der Waals surface area (Å²) in [5.74, 6) is 0.0617. The van der Waals surface area contributed by atoms with E-state index in [0.717, 1.165) is 18.0 Å². The maximum absolute atomic E-state index is 12.4. The summed E-state index contributed by atoms with van der Waals surface area (Å²) in [6, 6.07) is 8.02. The molecule has 182 valence electrons. The van der Waals surface area contributed by atoms with Crippen molar-refractivity contribution >= 4 is 40.8 Å². The normalized spacial score (nSPS) is 14.1. The van der Waals surface area contributed by atoms with Gasteiger partial charge in [-0.25, -0.2) is 14.7 Å². The molecule has 2 aromatic heterocycles. The van der Waals surface area contributed by atoms with Gasteiger partial charge in [0.1, 0.15) is 5.82 Å². The number of carbonyl (C=O) groups is 2. The van der Waals surface area contributed by atoms with Crippen molar-refractivity contribution < 1.29 is 19.4 Å². The number of aromatic nitrogens is 4. The fourth-order valence-electron chi connectivity index (χ4n) is 3.49. The highest BCUT2D eigenvalue weighted by Crippen LogP contribution is 2.27. The van der Waals surface area contributed by atoms with Crippen molar-refractivity contribution in [3.63, 3.8) is 0 Å². The highest BCUT2D eigenvalue weighted by atomic mass is 16.5. The molecule has 0 aliphatic carbocycles. The molecule has 1 aliphatic rings. The SMILES string of the molecule is Cn1cc(Nc2nccc(N(C(=O)O)c3cccc(NC(=O)/C=C/CN4CCOCC4)c3)n2)cn1. The van der Waals surface area contributed by atoms with E-state index in [1.54, 1.807) is 54.5 Å². The van der Waals surface area contributed by atoms with E-state index in [9.17, 15) is 14.7 Å². The monoisotopic (exact) mass is 478 g/mol. The Bertz CT molecular complexity index is 1210. The molecule has 1 aliphatic heterocycles. The van der Waals surface area contributed by atoms with Crippen LogP contribution in [0.1, 0.15) is 0 Å². The van der Waals surface area contributed by atoms with Crippen molar-refractivity contribution in [1.29, 1.82) is 0 Å². The Labute approximate surface area is 201 Å². The number of rotatable bonds is 8. The fraction of sp³-hybridized carbons (Fsp3) is 0.261. The van der Waals surface area contributed by atoms with Crippen LogP contribution >= 0.6 is 0 Å². The van der Waals surface area contributed by atoms with Crippen LogP contribution in [0.5, 0.6) is 0 Å². The molecule has 35 heavy (non-hydrogen) atoms. The second kappa shape index (κ2) is 11.2. The summed E-state index contributed by atoms with van der Waals surface area (Å²) >= 11 is 0. The van der Waals surface area contributed by atoms with Crippen LogP contribution in [0.25, 0.3) is 0 Å². The summed E-state index contributed by atoms with van der Waals surface area (Å²) < 4.78 is 6.93. The highest BCUT2D eigenvalue weighted by Gasteiger charge is 2.20. The van der Waals surface area contributed by atoms with E-state index < -0.39 is 6.09 Å². The van der Waals surface area contributed by atoms with Crippen molar-refractivity contribution in [2.75, 3.05) is 48.4 Å². The molecule has 3 aromatic rings. The van der Waals surface area contributed by atoms with Gasteiger partial charge < -0.3 is 20.5 Å². The Balaban J connectivity index is 1.45. The quantitative estimate of drug-likeness (QED) is 0.417. The molecular formula is C23H26N8O4. The third-order valence-electron chi connectivity index (χ3n) is 5.13. The van der Waals surface area contributed by atoms with Crippen LogP contribution in [0, 0.1) is 0 Å². The minimum atomic E-state index is -1.23. The summed E-state index contributed by atoms with van der Waals surface area (Å²) in [7, 11) is 1.78. The maximum atomic E-state index is 12.4. The van der Waals surface area contributed by atoms with Gasteiger partial charge in [0.25, 0.3) is 0 Å². The summed E-state index contributed by atoms with van der Waals surface area (Å²) in [4.78, 5) is 36.1. The zero-order chi connectivity index (χ0) is 24.6. The summed E-state index contributed by atoms with van der Waals surface area (Å²) in [6.45, 7) is 3.72. The number of anilines is 5. The molecule has 12 nitrogen and oxygen atoms in total. The summed E-state index contributed by atoms with van der Waals surface area (Å²) in [5.41, 5.74) is 1.44. The third-order valence-corrected chi connectivity index (χ3v) is 5.13. The first-order valence-corrected chi connectivity index (χ1v) is 11.0. The number of ether oxygens (including phenoxy) is 1. The Kier molecular flexibility index (Phi) is 7.65. The molecular weight excluding hydrogens is 452 g/mol. The number of aryl methyl sites for hydroxylation is 1. The van der Waals surface area contributed by atoms with Crippen LogP contribution in [-0.2, 0) is 16.6 Å². The molecule has 1 aromatic carbocycles. The summed E-state index contributed by atoms with van der Waals surface area (Å²) in [6.07, 6.45) is 6.84. The largest absolute Gasteiger partial charge is 0.464 e. The van der Waals surface area contributed by atoms with Crippen molar-refractivity contribution in [2.24, 2.45) is 7.05 Å². The minimum Gasteiger partial charge on any atom is -0.464 e. The van der Waals surface area contributed by atoms with Gasteiger partial charge in [-0.15, -0.1) is 0 Å². The molecule has 12 heteroatoms. The van der Waals surface area contributed by atoms with Crippen LogP contribution < -0.4 is 15.5 Å². The number of carboxylic acid groups (broad SMARTS) is 1. The Morgan fingerprint density at radius 3 is 2.80 bits per heavy atom. The second-order valence-corrected chi connectivity index (χ2v) is 7.74. The number of nitrogens with zero attached hydrogens (tertiary/aromatic N) is 6. The van der Waals surface area contributed by atoms with Crippen molar-refractivity contribution in [3.8, 4) is 0 Å². The number of amides is 2. The third kappa shape index (κ3) is 6.62. The number of benzene rings is 1. The lowest BCUT2D eigenvalue weighted by Gasteiger charge is -2.25. The van der Waals surface area contributed by atoms with Crippen molar-refractivity contribution in [2.45, 2.75) is 0 Å². The van der Waals surface area contributed by atoms with Gasteiger partial charge in [-0.3, -0.25) is 14.4 Å². The molecule has 3 N–H and O–H groups in total. The first-order valence-electron chi connectivity index (χ1n) is 11.0. The van der Waals surface area contributed by atoms with E-state index in [2.05, 4.69) is 30.6 Å². The maximum Gasteiger partial charge on any atom is 0.417 e. The number of hydrogen-bond donors (Lipinski definition) is 3. The smallest absolute Gasteiger partial charge is 0.417 e. The molecule has 0 bridgehead atoms. The standard InChI is InChI=1S/C23H26N8O4/c1-29-16-18(15-25-29)27-22-24-8-7-20(28-22)31(23(33)34)19-5-2-4-17(14-19)26-21(32)6-3-9-30-10-12-35-13-11-30/h2-8,14-16H,9-13H2,1H3,(H,26,32)(H,33,34)(H,24,27,28)/b6-3+. The molecule has 3 heterocycles. The van der Waals surface area contributed by atoms with E-state index in [1.165, 1.54) is 18.3 Å². The van der Waals surface area contributed by atoms with E-state index in [-0.39, 0.29) is 17.7 Å². The molecule has 4 rings (SSSR count). The summed E-state index contributed by atoms with van der Waals surface area (Å²) in [5, 5.41) is 19.7. The Hall–Kier alpha value is -4.29. The molecule has 1 fully saturated rings. The molecule has 2 amide bonds. The Morgan fingerprint density at radius 1 is 1.23 bits per heavy atom. The molecule has 0 saturated carbocycles. The van der Waals surface area contributed by atoms with Crippen molar-refractivity contribution in [1.82, 2.24) is 24.6 Å². The number of morpholine rings is 1. The topological polar surface area (TPSA) is 138 Å². The zero-order valence-corrected chi connectivity index (χ0v) is 19.2. The lowest BCUT2D eigenvalue weighted by Crippen LogP contribution is -2.36. The van der Waals surface area contributed by atoms with Crippen LogP contribution in [0.15, 0.2) is 61.1 Å². The minimum absolute atomic E-state index is 0.146. The first kappa shape index (κ1) is 23.9. The first-order chi connectivity index (χ1) is 17.0. The predicted octanol–water partition coefficient (Wildman–Crippen LogP) is 2.60. The van der Waals surface area contributed by atoms with Gasteiger partial charge >= 0.3 is 6.09 Å². The number of nitrogens with one attached hydrogen (secondary N) is 2. The van der Waals surface area contributed by atoms with Gasteiger partial charge in [-0.1, -0.05) is 12.1 Å². The molecule has 0 atom stereocenters. The van der Waals surface area contributed by atoms with Crippen LogP contribution in [0.4, 0.5) is 33.6 Å². The van der Waals surface area contributed by atoms with Crippen molar-refractivity contribution in [3.05, 3.63) is 61.1 Å². The lowest BCUT2D eigenvalue weighted by molar-refractivity contribution is -0.111. The van der Waals surface area contributed by atoms with Gasteiger partial charge in [0.15, 0.2) is 0 Å². The van der Waals surface area contributed by atoms with Gasteiger partial charge in [0, 0.05) is 56.9 Å². The Morgan fingerprint density at radius 2 is 2.06 bits per heavy atom. The van der Waals surface area contributed by atoms with E-state index >= 15 is 0 Å². The second-order valence-electron chi connectivity index (χ2n) is 7.74. The molecule has 0 spiro atoms. The highest BCUT2D eigenvalue weighted by molar-refractivity contribution is 6.00. The van der Waals surface area contributed by atoms with Gasteiger partial charge in [-0.05, 0) is 18.2 Å². The van der Waals surface area contributed by atoms with Crippen LogP contribution in [-0.4, -0.2) is 74.6 Å². The van der Waals surface area contributed by atoms with E-state index in [0.29, 0.717) is 36.8 Å². The van der Waals surface area contributed by atoms with Gasteiger partial charge in [0.2, 0.25) is 11.9 Å². The van der Waals surface area contributed by atoms with Crippen LogP contribution in [0.3, 0.4) is 0 Å². The van der Waals surface area contributed by atoms with Gasteiger partial charge in [0.05, 0.1) is 30.8 Å². The zero-order valence-electron chi connectivity index (χ0n) is 19.2. The lowest BCUT2D eigenvalue weighted by atomic mass is 10.2. The van der Waals surface area contributed by atoms with E-state index in [4.69, 9.17) is 4.74 Å². The van der Waals surface area contributed by atoms with Gasteiger partial charge in [-0.2, -0.15) is 10.1 Å². The predicted molar refractivity (Wildman–Crippen MR) is 130 cm³/mol.